The Labute approximate surface area is 89.9 Å². The number of anilines is 2. The van der Waals surface area contributed by atoms with Gasteiger partial charge in [-0.1, -0.05) is 6.07 Å². The number of hydrogen-bond acceptors (Lipinski definition) is 2. The number of carbonyl (C=O) groups excluding carboxylic acids is 1. The molecule has 1 unspecified atom stereocenters. The Morgan fingerprint density at radius 3 is 2.73 bits per heavy atom. The van der Waals surface area contributed by atoms with Gasteiger partial charge in [-0.05, 0) is 38.0 Å². The highest BCUT2D eigenvalue weighted by molar-refractivity contribution is 5.96. The third kappa shape index (κ3) is 1.69. The number of carbonyl (C=O) groups is 1. The summed E-state index contributed by atoms with van der Waals surface area (Å²) in [5.41, 5.74) is 8.57. The van der Waals surface area contributed by atoms with Crippen LogP contribution in [0.25, 0.3) is 0 Å². The zero-order valence-electron chi connectivity index (χ0n) is 9.16. The van der Waals surface area contributed by atoms with Gasteiger partial charge in [0.15, 0.2) is 0 Å². The second kappa shape index (κ2) is 3.57. The molecule has 1 saturated heterocycles. The van der Waals surface area contributed by atoms with Gasteiger partial charge >= 0.3 is 0 Å². The van der Waals surface area contributed by atoms with E-state index in [2.05, 4.69) is 6.92 Å². The molecule has 1 aliphatic heterocycles. The fourth-order valence-corrected chi connectivity index (χ4v) is 2.00. The highest BCUT2D eigenvalue weighted by Gasteiger charge is 2.28. The highest BCUT2D eigenvalue weighted by atomic mass is 16.2. The van der Waals surface area contributed by atoms with Crippen molar-refractivity contribution in [3.63, 3.8) is 0 Å². The van der Waals surface area contributed by atoms with E-state index in [-0.39, 0.29) is 5.91 Å². The molecule has 0 saturated carbocycles. The largest absolute Gasteiger partial charge is 0.398 e. The maximum Gasteiger partial charge on any atom is 0.227 e. The minimum absolute atomic E-state index is 0.200. The van der Waals surface area contributed by atoms with E-state index in [4.69, 9.17) is 5.73 Å². The molecule has 0 spiro atoms. The van der Waals surface area contributed by atoms with Crippen molar-refractivity contribution in [2.45, 2.75) is 32.7 Å². The molecule has 3 heteroatoms. The van der Waals surface area contributed by atoms with Gasteiger partial charge in [0.1, 0.15) is 0 Å². The summed E-state index contributed by atoms with van der Waals surface area (Å²) in [6.45, 7) is 4.04. The molecule has 0 radical (unpaired) electrons. The van der Waals surface area contributed by atoms with Crippen LogP contribution in [0.15, 0.2) is 18.2 Å². The number of nitrogen functional groups attached to an aromatic ring is 1. The van der Waals surface area contributed by atoms with Crippen LogP contribution in [-0.2, 0) is 4.79 Å². The SMILES string of the molecule is Cc1ccc(N2C(=O)CCC2C)cc1N. The van der Waals surface area contributed by atoms with Gasteiger partial charge in [-0.15, -0.1) is 0 Å². The van der Waals surface area contributed by atoms with Crippen molar-refractivity contribution in [2.75, 3.05) is 10.6 Å². The molecule has 1 amide bonds. The summed E-state index contributed by atoms with van der Waals surface area (Å²) in [6, 6.07) is 6.10. The lowest BCUT2D eigenvalue weighted by Gasteiger charge is -2.22. The molecule has 2 N–H and O–H groups in total. The molecular weight excluding hydrogens is 188 g/mol. The summed E-state index contributed by atoms with van der Waals surface area (Å²) in [6.07, 6.45) is 1.58. The Hall–Kier alpha value is -1.51. The van der Waals surface area contributed by atoms with Gasteiger partial charge in [-0.3, -0.25) is 4.79 Å². The van der Waals surface area contributed by atoms with Crippen LogP contribution in [-0.4, -0.2) is 11.9 Å². The zero-order chi connectivity index (χ0) is 11.0. The first-order valence-electron chi connectivity index (χ1n) is 5.28. The van der Waals surface area contributed by atoms with Crippen molar-refractivity contribution < 1.29 is 4.79 Å². The van der Waals surface area contributed by atoms with E-state index in [9.17, 15) is 4.79 Å². The number of rotatable bonds is 1. The molecule has 0 aliphatic carbocycles. The predicted molar refractivity (Wildman–Crippen MR) is 61.8 cm³/mol. The Morgan fingerprint density at radius 2 is 2.20 bits per heavy atom. The molecule has 0 bridgehead atoms. The summed E-state index contributed by atoms with van der Waals surface area (Å²) in [7, 11) is 0. The van der Waals surface area contributed by atoms with Crippen LogP contribution in [0.2, 0.25) is 0 Å². The smallest absolute Gasteiger partial charge is 0.227 e. The minimum Gasteiger partial charge on any atom is -0.398 e. The minimum atomic E-state index is 0.200. The summed E-state index contributed by atoms with van der Waals surface area (Å²) < 4.78 is 0. The van der Waals surface area contributed by atoms with Gasteiger partial charge in [-0.2, -0.15) is 0 Å². The molecule has 0 aromatic heterocycles. The topological polar surface area (TPSA) is 46.3 Å². The van der Waals surface area contributed by atoms with Crippen LogP contribution >= 0.6 is 0 Å². The van der Waals surface area contributed by atoms with E-state index in [1.54, 1.807) is 0 Å². The van der Waals surface area contributed by atoms with Gasteiger partial charge in [0.2, 0.25) is 5.91 Å². The third-order valence-corrected chi connectivity index (χ3v) is 3.03. The van der Waals surface area contributed by atoms with Crippen LogP contribution in [0.1, 0.15) is 25.3 Å². The number of nitrogens with two attached hydrogens (primary N) is 1. The molecule has 80 valence electrons. The standard InChI is InChI=1S/C12H16N2O/c1-8-3-5-10(7-11(8)13)14-9(2)4-6-12(14)15/h3,5,7,9H,4,6,13H2,1-2H3. The van der Waals surface area contributed by atoms with Gasteiger partial charge < -0.3 is 10.6 Å². The fraction of sp³-hybridized carbons (Fsp3) is 0.417. The van der Waals surface area contributed by atoms with Crippen molar-refractivity contribution >= 4 is 17.3 Å². The van der Waals surface area contributed by atoms with Crippen molar-refractivity contribution in [1.82, 2.24) is 0 Å². The first-order chi connectivity index (χ1) is 7.09. The van der Waals surface area contributed by atoms with Crippen molar-refractivity contribution in [2.24, 2.45) is 0 Å². The van der Waals surface area contributed by atoms with Crippen LogP contribution in [0.4, 0.5) is 11.4 Å². The molecule has 1 aromatic carbocycles. The molecular formula is C12H16N2O. The maximum atomic E-state index is 11.7. The molecule has 1 aliphatic rings. The molecule has 1 atom stereocenters. The van der Waals surface area contributed by atoms with E-state index >= 15 is 0 Å². The van der Waals surface area contributed by atoms with Gasteiger partial charge in [0.25, 0.3) is 0 Å². The highest BCUT2D eigenvalue weighted by Crippen LogP contribution is 2.28. The van der Waals surface area contributed by atoms with Gasteiger partial charge in [0, 0.05) is 23.8 Å². The lowest BCUT2D eigenvalue weighted by molar-refractivity contribution is -0.117. The number of amides is 1. The van der Waals surface area contributed by atoms with E-state index in [1.807, 2.05) is 30.0 Å². The average Bonchev–Trinajstić information content (AvgIpc) is 2.52. The predicted octanol–water partition coefficient (Wildman–Crippen LogP) is 2.09. The fourth-order valence-electron chi connectivity index (χ4n) is 2.00. The Bertz CT molecular complexity index is 401. The quantitative estimate of drug-likeness (QED) is 0.712. The summed E-state index contributed by atoms with van der Waals surface area (Å²) in [4.78, 5) is 13.5. The summed E-state index contributed by atoms with van der Waals surface area (Å²) >= 11 is 0. The van der Waals surface area contributed by atoms with Crippen molar-refractivity contribution in [3.05, 3.63) is 23.8 Å². The second-order valence-corrected chi connectivity index (χ2v) is 4.19. The van der Waals surface area contributed by atoms with Crippen LogP contribution < -0.4 is 10.6 Å². The van der Waals surface area contributed by atoms with Gasteiger partial charge in [-0.25, -0.2) is 0 Å². The molecule has 15 heavy (non-hydrogen) atoms. The third-order valence-electron chi connectivity index (χ3n) is 3.03. The van der Waals surface area contributed by atoms with Crippen LogP contribution in [0.3, 0.4) is 0 Å². The van der Waals surface area contributed by atoms with E-state index in [0.29, 0.717) is 12.5 Å². The average molecular weight is 204 g/mol. The monoisotopic (exact) mass is 204 g/mol. The van der Waals surface area contributed by atoms with E-state index in [0.717, 1.165) is 23.4 Å². The number of benzene rings is 1. The zero-order valence-corrected chi connectivity index (χ0v) is 9.16. The normalized spacial score (nSPS) is 21.1. The van der Waals surface area contributed by atoms with E-state index < -0.39 is 0 Å². The van der Waals surface area contributed by atoms with Crippen LogP contribution in [0, 0.1) is 6.92 Å². The summed E-state index contributed by atoms with van der Waals surface area (Å²) in [5, 5.41) is 0. The molecule has 1 fully saturated rings. The first-order valence-corrected chi connectivity index (χ1v) is 5.28. The number of hydrogen-bond donors (Lipinski definition) is 1. The lowest BCUT2D eigenvalue weighted by Crippen LogP contribution is -2.30. The summed E-state index contributed by atoms with van der Waals surface area (Å²) in [5.74, 6) is 0.200. The van der Waals surface area contributed by atoms with E-state index in [1.165, 1.54) is 0 Å². The second-order valence-electron chi connectivity index (χ2n) is 4.19. The molecule has 1 heterocycles. The molecule has 2 rings (SSSR count). The first kappa shape index (κ1) is 10.0. The Morgan fingerprint density at radius 1 is 1.47 bits per heavy atom. The van der Waals surface area contributed by atoms with Gasteiger partial charge in [0.05, 0.1) is 0 Å². The number of nitrogens with zero attached hydrogens (tertiary/aromatic N) is 1. The Balaban J connectivity index is 2.36. The molecule has 3 nitrogen and oxygen atoms in total. The number of aryl methyl sites for hydroxylation is 1. The van der Waals surface area contributed by atoms with Crippen molar-refractivity contribution in [3.8, 4) is 0 Å². The van der Waals surface area contributed by atoms with Crippen LogP contribution in [0.5, 0.6) is 0 Å². The Kier molecular flexibility index (Phi) is 2.39. The molecule has 1 aromatic rings. The lowest BCUT2D eigenvalue weighted by atomic mass is 10.1. The maximum absolute atomic E-state index is 11.7. The van der Waals surface area contributed by atoms with Crippen molar-refractivity contribution in [1.29, 1.82) is 0 Å².